The van der Waals surface area contributed by atoms with Crippen molar-refractivity contribution < 1.29 is 17.9 Å². The Bertz CT molecular complexity index is 1040. The lowest BCUT2D eigenvalue weighted by Gasteiger charge is -2.19. The smallest absolute Gasteiger partial charge is 0.403 e. The summed E-state index contributed by atoms with van der Waals surface area (Å²) < 4.78 is 45.0. The molecule has 5 nitrogen and oxygen atoms in total. The second kappa shape index (κ2) is 6.38. The summed E-state index contributed by atoms with van der Waals surface area (Å²) in [6.45, 7) is 1.93. The highest BCUT2D eigenvalue weighted by atomic mass is 35.5. The largest absolute Gasteiger partial charge is 0.573 e. The van der Waals surface area contributed by atoms with Crippen molar-refractivity contribution in [2.75, 3.05) is 0 Å². The van der Waals surface area contributed by atoms with Crippen molar-refractivity contribution in [1.82, 2.24) is 14.5 Å². The van der Waals surface area contributed by atoms with Gasteiger partial charge in [-0.3, -0.25) is 14.5 Å². The molecule has 0 saturated heterocycles. The lowest BCUT2D eigenvalue weighted by molar-refractivity contribution is -0.274. The molecule has 2 aromatic heterocycles. The van der Waals surface area contributed by atoms with E-state index in [9.17, 15) is 13.2 Å². The van der Waals surface area contributed by atoms with Gasteiger partial charge in [0.1, 0.15) is 5.82 Å². The number of pyridine rings is 1. The first-order valence-electron chi connectivity index (χ1n) is 7.92. The molecule has 0 unspecified atom stereocenters. The molecule has 0 bridgehead atoms. The van der Waals surface area contributed by atoms with Crippen LogP contribution in [0.1, 0.15) is 22.8 Å². The maximum absolute atomic E-state index is 13.0. The Labute approximate surface area is 157 Å². The fourth-order valence-corrected chi connectivity index (χ4v) is 3.26. The van der Waals surface area contributed by atoms with Crippen LogP contribution in [0, 0.1) is 6.92 Å². The van der Waals surface area contributed by atoms with E-state index in [0.717, 1.165) is 6.07 Å². The van der Waals surface area contributed by atoms with E-state index in [2.05, 4.69) is 19.7 Å². The molecule has 0 amide bonds. The van der Waals surface area contributed by atoms with Gasteiger partial charge < -0.3 is 4.74 Å². The third-order valence-electron chi connectivity index (χ3n) is 4.04. The number of aliphatic imine (C=N–C) groups is 1. The molecular formula is C18H12ClF3N4O. The van der Waals surface area contributed by atoms with E-state index >= 15 is 0 Å². The van der Waals surface area contributed by atoms with Gasteiger partial charge in [0, 0.05) is 34.7 Å². The number of aromatic nitrogens is 3. The Kier molecular flexibility index (Phi) is 4.15. The molecule has 0 saturated carbocycles. The summed E-state index contributed by atoms with van der Waals surface area (Å²) in [6.07, 6.45) is -1.71. The van der Waals surface area contributed by atoms with E-state index in [1.807, 2.05) is 0 Å². The van der Waals surface area contributed by atoms with Gasteiger partial charge in [0.05, 0.1) is 23.6 Å². The SMILES string of the molecule is Cc1cnc2n1-c1c(OC(F)(F)F)cc(Cl)cc1C(c1ccccn1)=NC2. The predicted octanol–water partition coefficient (Wildman–Crippen LogP) is 4.48. The number of halogens is 4. The van der Waals surface area contributed by atoms with Gasteiger partial charge in [0.15, 0.2) is 5.75 Å². The minimum absolute atomic E-state index is 0.0952. The Balaban J connectivity index is 2.04. The standard InChI is InChI=1S/C18H12ClF3N4O/c1-10-8-24-15-9-25-16(13-4-2-3-5-23-13)12-6-11(19)7-14(17(12)26(10)15)27-18(20,21)22/h2-8H,9H2,1H3. The second-order valence-corrected chi connectivity index (χ2v) is 6.32. The summed E-state index contributed by atoms with van der Waals surface area (Å²) in [7, 11) is 0. The molecule has 0 atom stereocenters. The summed E-state index contributed by atoms with van der Waals surface area (Å²) in [6, 6.07) is 7.94. The number of hydrogen-bond acceptors (Lipinski definition) is 4. The van der Waals surface area contributed by atoms with Gasteiger partial charge in [0.2, 0.25) is 0 Å². The molecule has 0 fully saturated rings. The van der Waals surface area contributed by atoms with E-state index in [0.29, 0.717) is 28.5 Å². The van der Waals surface area contributed by atoms with Crippen molar-refractivity contribution >= 4 is 17.3 Å². The third kappa shape index (κ3) is 3.28. The number of fused-ring (bicyclic) bond motifs is 3. The number of benzene rings is 1. The van der Waals surface area contributed by atoms with E-state index < -0.39 is 12.1 Å². The van der Waals surface area contributed by atoms with Crippen molar-refractivity contribution in [3.05, 3.63) is 70.5 Å². The summed E-state index contributed by atoms with van der Waals surface area (Å²) in [5, 5.41) is 0.0952. The number of alkyl halides is 3. The number of rotatable bonds is 2. The van der Waals surface area contributed by atoms with E-state index in [4.69, 9.17) is 11.6 Å². The zero-order chi connectivity index (χ0) is 19.2. The van der Waals surface area contributed by atoms with Crippen LogP contribution in [0.25, 0.3) is 5.69 Å². The zero-order valence-electron chi connectivity index (χ0n) is 14.0. The lowest BCUT2D eigenvalue weighted by Crippen LogP contribution is -2.20. The van der Waals surface area contributed by atoms with Crippen LogP contribution in [-0.2, 0) is 6.54 Å². The Morgan fingerprint density at radius 3 is 2.70 bits per heavy atom. The summed E-state index contributed by atoms with van der Waals surface area (Å²) >= 11 is 6.11. The van der Waals surface area contributed by atoms with Gasteiger partial charge >= 0.3 is 6.36 Å². The molecule has 0 N–H and O–H groups in total. The Morgan fingerprint density at radius 1 is 1.19 bits per heavy atom. The second-order valence-electron chi connectivity index (χ2n) is 5.88. The maximum Gasteiger partial charge on any atom is 0.573 e. The molecule has 3 aromatic rings. The highest BCUT2D eigenvalue weighted by Gasteiger charge is 2.35. The number of nitrogens with zero attached hydrogens (tertiary/aromatic N) is 4. The summed E-state index contributed by atoms with van der Waals surface area (Å²) in [5.41, 5.74) is 2.16. The first-order valence-corrected chi connectivity index (χ1v) is 8.30. The van der Waals surface area contributed by atoms with Gasteiger partial charge in [-0.1, -0.05) is 17.7 Å². The molecule has 9 heteroatoms. The Hall–Kier alpha value is -2.87. The first kappa shape index (κ1) is 17.5. The van der Waals surface area contributed by atoms with Gasteiger partial charge in [-0.15, -0.1) is 13.2 Å². The fraction of sp³-hybridized carbons (Fsp3) is 0.167. The molecule has 138 valence electrons. The maximum atomic E-state index is 13.0. The van der Waals surface area contributed by atoms with Crippen LogP contribution in [-0.4, -0.2) is 26.6 Å². The molecule has 0 radical (unpaired) electrons. The van der Waals surface area contributed by atoms with Gasteiger partial charge in [-0.2, -0.15) is 0 Å². The van der Waals surface area contributed by atoms with E-state index in [1.54, 1.807) is 48.1 Å². The molecule has 3 heterocycles. The molecule has 1 aromatic carbocycles. The van der Waals surface area contributed by atoms with Gasteiger partial charge in [0.25, 0.3) is 0 Å². The topological polar surface area (TPSA) is 52.3 Å². The van der Waals surface area contributed by atoms with Gasteiger partial charge in [-0.25, -0.2) is 4.98 Å². The molecular weight excluding hydrogens is 381 g/mol. The normalized spacial score (nSPS) is 13.4. The van der Waals surface area contributed by atoms with Gasteiger partial charge in [-0.05, 0) is 25.1 Å². The molecule has 27 heavy (non-hydrogen) atoms. The van der Waals surface area contributed by atoms with E-state index in [-0.39, 0.29) is 17.3 Å². The number of ether oxygens (including phenoxy) is 1. The lowest BCUT2D eigenvalue weighted by atomic mass is 10.0. The quantitative estimate of drug-likeness (QED) is 0.646. The highest BCUT2D eigenvalue weighted by molar-refractivity contribution is 6.31. The van der Waals surface area contributed by atoms with Crippen LogP contribution in [0.4, 0.5) is 13.2 Å². The van der Waals surface area contributed by atoms with Crippen LogP contribution in [0.3, 0.4) is 0 Å². The zero-order valence-corrected chi connectivity index (χ0v) is 14.7. The monoisotopic (exact) mass is 392 g/mol. The predicted molar refractivity (Wildman–Crippen MR) is 93.6 cm³/mol. The number of aryl methyl sites for hydroxylation is 1. The molecule has 4 rings (SSSR count). The number of hydrogen-bond donors (Lipinski definition) is 0. The fourth-order valence-electron chi connectivity index (χ4n) is 3.05. The van der Waals surface area contributed by atoms with Crippen molar-refractivity contribution in [1.29, 1.82) is 0 Å². The minimum atomic E-state index is -4.87. The van der Waals surface area contributed by atoms with Crippen LogP contribution < -0.4 is 4.74 Å². The van der Waals surface area contributed by atoms with Crippen molar-refractivity contribution in [3.63, 3.8) is 0 Å². The molecule has 0 aliphatic carbocycles. The Morgan fingerprint density at radius 2 is 2.00 bits per heavy atom. The number of imidazole rings is 1. The van der Waals surface area contributed by atoms with Crippen LogP contribution in [0.15, 0.2) is 47.7 Å². The first-order chi connectivity index (χ1) is 12.8. The molecule has 1 aliphatic rings. The summed E-state index contributed by atoms with van der Waals surface area (Å²) in [5.74, 6) is 0.0758. The molecule has 1 aliphatic heterocycles. The minimum Gasteiger partial charge on any atom is -0.403 e. The van der Waals surface area contributed by atoms with Crippen LogP contribution in [0.2, 0.25) is 5.02 Å². The molecule has 0 spiro atoms. The highest BCUT2D eigenvalue weighted by Crippen LogP contribution is 2.38. The summed E-state index contributed by atoms with van der Waals surface area (Å²) in [4.78, 5) is 13.1. The average Bonchev–Trinajstić information content (AvgIpc) is 2.86. The van der Waals surface area contributed by atoms with Crippen molar-refractivity contribution in [2.24, 2.45) is 4.99 Å². The third-order valence-corrected chi connectivity index (χ3v) is 4.26. The van der Waals surface area contributed by atoms with Crippen molar-refractivity contribution in [3.8, 4) is 11.4 Å². The average molecular weight is 393 g/mol. The van der Waals surface area contributed by atoms with Crippen LogP contribution >= 0.6 is 11.6 Å². The van der Waals surface area contributed by atoms with Crippen LogP contribution in [0.5, 0.6) is 5.75 Å². The van der Waals surface area contributed by atoms with Crippen molar-refractivity contribution in [2.45, 2.75) is 19.8 Å². The van der Waals surface area contributed by atoms with E-state index in [1.165, 1.54) is 0 Å².